The van der Waals surface area contributed by atoms with Gasteiger partial charge in [-0.3, -0.25) is 0 Å². The van der Waals surface area contributed by atoms with Crippen LogP contribution in [0.2, 0.25) is 0 Å². The van der Waals surface area contributed by atoms with E-state index < -0.39 is 17.2 Å². The van der Waals surface area contributed by atoms with Crippen LogP contribution in [0.1, 0.15) is 33.3 Å². The molecule has 0 aliphatic carbocycles. The summed E-state index contributed by atoms with van der Waals surface area (Å²) in [6.07, 6.45) is -0.217. The molecule has 1 unspecified atom stereocenters. The number of methoxy groups -OCH3 is 1. The summed E-state index contributed by atoms with van der Waals surface area (Å²) < 4.78 is 10.1. The van der Waals surface area contributed by atoms with Gasteiger partial charge in [-0.05, 0) is 33.8 Å². The summed E-state index contributed by atoms with van der Waals surface area (Å²) in [5.41, 5.74) is -1.90. The van der Waals surface area contributed by atoms with Gasteiger partial charge in [-0.1, -0.05) is 12.1 Å². The predicted octanol–water partition coefficient (Wildman–Crippen LogP) is 2.34. The smallest absolute Gasteiger partial charge is 0.408 e. The van der Waals surface area contributed by atoms with Crippen LogP contribution in [0.3, 0.4) is 0 Å². The number of para-hydroxylation sites is 1. The van der Waals surface area contributed by atoms with Gasteiger partial charge < -0.3 is 24.7 Å². The fourth-order valence-corrected chi connectivity index (χ4v) is 1.78. The van der Waals surface area contributed by atoms with Gasteiger partial charge in [0.05, 0.1) is 7.11 Å². The Kier molecular flexibility index (Phi) is 4.83. The second-order valence-electron chi connectivity index (χ2n) is 5.80. The first-order valence-corrected chi connectivity index (χ1v) is 6.47. The van der Waals surface area contributed by atoms with Crippen LogP contribution < -0.4 is 10.1 Å². The van der Waals surface area contributed by atoms with Crippen molar-refractivity contribution in [2.24, 2.45) is 0 Å². The topological polar surface area (TPSA) is 84.9 Å². The number of phenolic OH excluding ortho intramolecular Hbond substituents is 1. The van der Waals surface area contributed by atoms with E-state index in [4.69, 9.17) is 9.47 Å². The number of aromatic hydroxyl groups is 1. The third-order valence-electron chi connectivity index (χ3n) is 2.77. The van der Waals surface area contributed by atoms with Crippen LogP contribution in [-0.2, 0) is 15.1 Å². The summed E-state index contributed by atoms with van der Waals surface area (Å²) in [5.74, 6) is 0.0113. The zero-order valence-corrected chi connectivity index (χ0v) is 12.9. The number of phenols is 1. The Morgan fingerprint density at radius 1 is 1.29 bits per heavy atom. The first-order valence-electron chi connectivity index (χ1n) is 6.47. The van der Waals surface area contributed by atoms with Crippen molar-refractivity contribution in [3.05, 3.63) is 23.8 Å². The molecule has 0 aliphatic heterocycles. The minimum atomic E-state index is -1.43. The van der Waals surface area contributed by atoms with E-state index in [1.807, 2.05) is 0 Å². The maximum atomic E-state index is 11.9. The van der Waals surface area contributed by atoms with Crippen LogP contribution in [-0.4, -0.2) is 30.2 Å². The fraction of sp³-hybridized carbons (Fsp3) is 0.467. The third kappa shape index (κ3) is 4.11. The molecule has 0 heterocycles. The van der Waals surface area contributed by atoms with Gasteiger partial charge in [-0.2, -0.15) is 0 Å². The van der Waals surface area contributed by atoms with Crippen molar-refractivity contribution in [3.8, 4) is 11.5 Å². The molecule has 0 aromatic heterocycles. The Morgan fingerprint density at radius 2 is 1.90 bits per heavy atom. The summed E-state index contributed by atoms with van der Waals surface area (Å²) in [6, 6.07) is 4.70. The number of amides is 1. The molecule has 2 N–H and O–H groups in total. The maximum absolute atomic E-state index is 11.9. The highest BCUT2D eigenvalue weighted by atomic mass is 16.6. The van der Waals surface area contributed by atoms with Crippen LogP contribution in [0.4, 0.5) is 4.79 Å². The van der Waals surface area contributed by atoms with E-state index in [1.54, 1.807) is 32.9 Å². The molecule has 0 aliphatic rings. The van der Waals surface area contributed by atoms with Crippen LogP contribution in [0.15, 0.2) is 18.2 Å². The number of aldehydes is 1. The lowest BCUT2D eigenvalue weighted by atomic mass is 9.92. The molecule has 1 aromatic rings. The van der Waals surface area contributed by atoms with Crippen molar-refractivity contribution in [2.45, 2.75) is 38.8 Å². The number of carbonyl (C=O) groups excluding carboxylic acids is 2. The first-order chi connectivity index (χ1) is 9.63. The van der Waals surface area contributed by atoms with Gasteiger partial charge in [0.15, 0.2) is 11.5 Å². The quantitative estimate of drug-likeness (QED) is 0.833. The molecule has 1 rings (SSSR count). The van der Waals surface area contributed by atoms with Gasteiger partial charge >= 0.3 is 6.09 Å². The van der Waals surface area contributed by atoms with E-state index in [1.165, 1.54) is 20.1 Å². The number of hydrogen-bond donors (Lipinski definition) is 2. The first kappa shape index (κ1) is 16.8. The molecule has 0 saturated carbocycles. The zero-order chi connectivity index (χ0) is 16.3. The Morgan fingerprint density at radius 3 is 2.38 bits per heavy atom. The Bertz CT molecular complexity index is 535. The van der Waals surface area contributed by atoms with E-state index in [9.17, 15) is 14.7 Å². The van der Waals surface area contributed by atoms with Gasteiger partial charge in [0.1, 0.15) is 17.4 Å². The predicted molar refractivity (Wildman–Crippen MR) is 77.4 cm³/mol. The number of alkyl carbamates (subject to hydrolysis) is 1. The molecule has 0 radical (unpaired) electrons. The van der Waals surface area contributed by atoms with Crippen LogP contribution in [0, 0.1) is 0 Å². The van der Waals surface area contributed by atoms with E-state index in [2.05, 4.69) is 5.32 Å². The van der Waals surface area contributed by atoms with Crippen LogP contribution in [0.25, 0.3) is 0 Å². The van der Waals surface area contributed by atoms with E-state index >= 15 is 0 Å². The minimum absolute atomic E-state index is 0.203. The molecule has 1 amide bonds. The van der Waals surface area contributed by atoms with Gasteiger partial charge in [0.25, 0.3) is 0 Å². The molecule has 0 fully saturated rings. The minimum Gasteiger partial charge on any atom is -0.504 e. The molecule has 6 nitrogen and oxygen atoms in total. The highest BCUT2D eigenvalue weighted by Crippen LogP contribution is 2.35. The summed E-state index contributed by atoms with van der Waals surface area (Å²) in [6.45, 7) is 6.62. The molecule has 0 saturated heterocycles. The van der Waals surface area contributed by atoms with Crippen molar-refractivity contribution < 1.29 is 24.2 Å². The van der Waals surface area contributed by atoms with Gasteiger partial charge in [-0.15, -0.1) is 0 Å². The number of carbonyl (C=O) groups is 2. The van der Waals surface area contributed by atoms with E-state index in [-0.39, 0.29) is 17.1 Å². The Hall–Kier alpha value is -2.24. The zero-order valence-electron chi connectivity index (χ0n) is 12.9. The number of ether oxygens (including phenoxy) is 2. The fourth-order valence-electron chi connectivity index (χ4n) is 1.78. The second-order valence-corrected chi connectivity index (χ2v) is 5.80. The van der Waals surface area contributed by atoms with Gasteiger partial charge in [-0.25, -0.2) is 4.79 Å². The highest BCUT2D eigenvalue weighted by Gasteiger charge is 2.33. The second kappa shape index (κ2) is 6.03. The molecule has 0 bridgehead atoms. The molecular weight excluding hydrogens is 274 g/mol. The summed E-state index contributed by atoms with van der Waals surface area (Å²) >= 11 is 0. The summed E-state index contributed by atoms with van der Waals surface area (Å²) in [5, 5.41) is 12.6. The number of hydrogen-bond acceptors (Lipinski definition) is 5. The third-order valence-corrected chi connectivity index (χ3v) is 2.77. The molecule has 1 atom stereocenters. The lowest BCUT2D eigenvalue weighted by molar-refractivity contribution is -0.113. The maximum Gasteiger partial charge on any atom is 0.408 e. The lowest BCUT2D eigenvalue weighted by Gasteiger charge is -2.28. The summed E-state index contributed by atoms with van der Waals surface area (Å²) in [7, 11) is 1.40. The van der Waals surface area contributed by atoms with Crippen molar-refractivity contribution in [1.29, 1.82) is 0 Å². The molecule has 0 spiro atoms. The Balaban J connectivity index is 3.11. The van der Waals surface area contributed by atoms with Gasteiger partial charge in [0.2, 0.25) is 0 Å². The van der Waals surface area contributed by atoms with E-state index in [0.29, 0.717) is 6.29 Å². The molecule has 1 aromatic carbocycles. The number of nitrogens with one attached hydrogen (secondary N) is 1. The van der Waals surface area contributed by atoms with Crippen molar-refractivity contribution in [1.82, 2.24) is 5.32 Å². The monoisotopic (exact) mass is 295 g/mol. The van der Waals surface area contributed by atoms with Crippen molar-refractivity contribution in [2.75, 3.05) is 7.11 Å². The largest absolute Gasteiger partial charge is 0.504 e. The average Bonchev–Trinajstić information content (AvgIpc) is 2.36. The van der Waals surface area contributed by atoms with Crippen LogP contribution in [0.5, 0.6) is 11.5 Å². The molecule has 116 valence electrons. The average molecular weight is 295 g/mol. The lowest BCUT2D eigenvalue weighted by Crippen LogP contribution is -2.47. The summed E-state index contributed by atoms with van der Waals surface area (Å²) in [4.78, 5) is 23.3. The SMILES string of the molecule is COc1cccc(C(C)(C=O)NC(=O)OC(C)(C)C)c1O. The van der Waals surface area contributed by atoms with Crippen molar-refractivity contribution in [3.63, 3.8) is 0 Å². The Labute approximate surface area is 124 Å². The highest BCUT2D eigenvalue weighted by molar-refractivity contribution is 5.79. The van der Waals surface area contributed by atoms with Crippen molar-refractivity contribution >= 4 is 12.4 Å². The number of benzene rings is 1. The molecule has 6 heteroatoms. The normalized spacial score (nSPS) is 14.0. The number of rotatable bonds is 4. The van der Waals surface area contributed by atoms with Gasteiger partial charge in [0, 0.05) is 5.56 Å². The molecule has 21 heavy (non-hydrogen) atoms. The van der Waals surface area contributed by atoms with Crippen LogP contribution >= 0.6 is 0 Å². The van der Waals surface area contributed by atoms with E-state index in [0.717, 1.165) is 0 Å². The standard InChI is InChI=1S/C15H21NO5/c1-14(2,3)21-13(19)16-15(4,9-17)10-7-6-8-11(20-5)12(10)18/h6-9,18H,1-5H3,(H,16,19). The molecular formula is C15H21NO5.